The lowest BCUT2D eigenvalue weighted by Crippen LogP contribution is -2.12. The van der Waals surface area contributed by atoms with Gasteiger partial charge in [0.05, 0.1) is 0 Å². The molecule has 0 aliphatic heterocycles. The summed E-state index contributed by atoms with van der Waals surface area (Å²) in [5.74, 6) is 0.681. The van der Waals surface area contributed by atoms with E-state index in [9.17, 15) is 0 Å². The maximum Gasteiger partial charge on any atom is 0.129 e. The van der Waals surface area contributed by atoms with Crippen LogP contribution >= 0.6 is 8.07 Å². The minimum atomic E-state index is -0.256. The Bertz CT molecular complexity index is 291. The quantitative estimate of drug-likeness (QED) is 0.461. The van der Waals surface area contributed by atoms with Gasteiger partial charge in [0.25, 0.3) is 0 Å². The van der Waals surface area contributed by atoms with Crippen LogP contribution < -0.4 is 5.73 Å². The zero-order valence-corrected chi connectivity index (χ0v) is 9.67. The molecule has 0 aliphatic carbocycles. The highest BCUT2D eigenvalue weighted by atomic mass is 31.1. The third-order valence-electron chi connectivity index (χ3n) is 2.05. The molecule has 76 valence electrons. The fourth-order valence-electron chi connectivity index (χ4n) is 1.18. The van der Waals surface area contributed by atoms with E-state index >= 15 is 0 Å². The van der Waals surface area contributed by atoms with Crippen molar-refractivity contribution in [2.45, 2.75) is 13.8 Å². The van der Waals surface area contributed by atoms with Crippen molar-refractivity contribution in [2.24, 2.45) is 10.5 Å². The summed E-state index contributed by atoms with van der Waals surface area (Å²) >= 11 is 0. The lowest BCUT2D eigenvalue weighted by atomic mass is 10.2. The lowest BCUT2D eigenvalue weighted by molar-refractivity contribution is 1.38. The largest absolute Gasteiger partial charge is 0.383 e. The Labute approximate surface area is 87.0 Å². The van der Waals surface area contributed by atoms with Crippen molar-refractivity contribution in [1.82, 2.24) is 0 Å². The molecule has 0 fully saturated rings. The van der Waals surface area contributed by atoms with Crippen LogP contribution in [0.2, 0.25) is 0 Å². The molecule has 3 heteroatoms. The highest BCUT2D eigenvalue weighted by Gasteiger charge is 2.02. The Hall–Kier alpha value is -0.880. The maximum atomic E-state index is 5.91. The van der Waals surface area contributed by atoms with Gasteiger partial charge >= 0.3 is 0 Å². The van der Waals surface area contributed by atoms with Crippen molar-refractivity contribution < 1.29 is 0 Å². The van der Waals surface area contributed by atoms with E-state index in [-0.39, 0.29) is 8.07 Å². The molecule has 1 aromatic rings. The van der Waals surface area contributed by atoms with E-state index in [1.165, 1.54) is 0 Å². The van der Waals surface area contributed by atoms with Crippen molar-refractivity contribution in [3.8, 4) is 0 Å². The molecule has 0 saturated heterocycles. The molecule has 0 atom stereocenters. The first-order valence-electron chi connectivity index (χ1n) is 4.92. The van der Waals surface area contributed by atoms with Crippen LogP contribution in [-0.2, 0) is 0 Å². The first-order valence-corrected chi connectivity index (χ1v) is 6.58. The minimum absolute atomic E-state index is 0.256. The Morgan fingerprint density at radius 2 is 1.79 bits per heavy atom. The van der Waals surface area contributed by atoms with Gasteiger partial charge < -0.3 is 5.73 Å². The van der Waals surface area contributed by atoms with Crippen molar-refractivity contribution >= 4 is 13.9 Å². The standard InChI is InChI=1S/C11H17N2P/c1-3-14(4-2)13-11(12)10-8-6-5-7-9-10/h5-9H,3-4H2,1-2H3,(H2,12,13). The SMILES string of the molecule is CCP(CC)N=C(N)c1ccccc1. The van der Waals surface area contributed by atoms with E-state index in [4.69, 9.17) is 5.73 Å². The van der Waals surface area contributed by atoms with Gasteiger partial charge in [0.2, 0.25) is 0 Å². The van der Waals surface area contributed by atoms with Gasteiger partial charge in [0.1, 0.15) is 5.84 Å². The topological polar surface area (TPSA) is 38.4 Å². The predicted octanol–water partition coefficient (Wildman–Crippen LogP) is 2.83. The average molecular weight is 208 g/mol. The van der Waals surface area contributed by atoms with Crippen molar-refractivity contribution in [1.29, 1.82) is 0 Å². The van der Waals surface area contributed by atoms with Crippen LogP contribution in [0.5, 0.6) is 0 Å². The van der Waals surface area contributed by atoms with E-state index in [2.05, 4.69) is 18.6 Å². The molecule has 14 heavy (non-hydrogen) atoms. The summed E-state index contributed by atoms with van der Waals surface area (Å²) < 4.78 is 4.54. The first kappa shape index (κ1) is 11.2. The molecule has 1 aromatic carbocycles. The average Bonchev–Trinajstić information content (AvgIpc) is 2.26. The summed E-state index contributed by atoms with van der Waals surface area (Å²) in [6.45, 7) is 4.33. The molecule has 1 rings (SSSR count). The van der Waals surface area contributed by atoms with E-state index in [0.717, 1.165) is 17.9 Å². The predicted molar refractivity (Wildman–Crippen MR) is 65.2 cm³/mol. The van der Waals surface area contributed by atoms with Crippen LogP contribution in [-0.4, -0.2) is 18.2 Å². The van der Waals surface area contributed by atoms with E-state index in [1.807, 2.05) is 30.3 Å². The third kappa shape index (κ3) is 3.12. The van der Waals surface area contributed by atoms with Crippen LogP contribution in [0.3, 0.4) is 0 Å². The van der Waals surface area contributed by atoms with Gasteiger partial charge in [-0.25, -0.2) is 4.76 Å². The molecule has 0 aliphatic rings. The summed E-state index contributed by atoms with van der Waals surface area (Å²) in [5.41, 5.74) is 6.94. The smallest absolute Gasteiger partial charge is 0.129 e. The molecule has 0 amide bonds. The van der Waals surface area contributed by atoms with Crippen LogP contribution in [0.4, 0.5) is 0 Å². The summed E-state index contributed by atoms with van der Waals surface area (Å²) in [7, 11) is -0.256. The number of hydrogen-bond donors (Lipinski definition) is 1. The van der Waals surface area contributed by atoms with Crippen LogP contribution in [0.1, 0.15) is 19.4 Å². The van der Waals surface area contributed by atoms with Gasteiger partial charge in [0.15, 0.2) is 0 Å². The zero-order chi connectivity index (χ0) is 10.4. The summed E-state index contributed by atoms with van der Waals surface area (Å²) in [4.78, 5) is 0. The van der Waals surface area contributed by atoms with Crippen molar-refractivity contribution in [3.05, 3.63) is 35.9 Å². The molecular weight excluding hydrogens is 191 g/mol. The normalized spacial score (nSPS) is 12.1. The first-order chi connectivity index (χ1) is 6.77. The molecule has 0 spiro atoms. The number of rotatable bonds is 4. The summed E-state index contributed by atoms with van der Waals surface area (Å²) in [6.07, 6.45) is 2.22. The molecule has 2 N–H and O–H groups in total. The number of nitrogens with zero attached hydrogens (tertiary/aromatic N) is 1. The third-order valence-corrected chi connectivity index (χ3v) is 4.01. The second-order valence-electron chi connectivity index (χ2n) is 2.99. The maximum absolute atomic E-state index is 5.91. The molecule has 0 bridgehead atoms. The second-order valence-corrected chi connectivity index (χ2v) is 5.47. The summed E-state index contributed by atoms with van der Waals surface area (Å²) in [6, 6.07) is 9.95. The number of nitrogens with two attached hydrogens (primary N) is 1. The van der Waals surface area contributed by atoms with Crippen molar-refractivity contribution in [2.75, 3.05) is 12.3 Å². The molecule has 0 radical (unpaired) electrons. The molecule has 0 aromatic heterocycles. The van der Waals surface area contributed by atoms with Crippen molar-refractivity contribution in [3.63, 3.8) is 0 Å². The van der Waals surface area contributed by atoms with Crippen LogP contribution in [0, 0.1) is 0 Å². The fraction of sp³-hybridized carbons (Fsp3) is 0.364. The Morgan fingerprint density at radius 3 is 2.29 bits per heavy atom. The van der Waals surface area contributed by atoms with Gasteiger partial charge in [-0.1, -0.05) is 44.2 Å². The van der Waals surface area contributed by atoms with Gasteiger partial charge in [-0.05, 0) is 12.3 Å². The highest BCUT2D eigenvalue weighted by Crippen LogP contribution is 2.35. The van der Waals surface area contributed by atoms with Gasteiger partial charge in [-0.15, -0.1) is 0 Å². The van der Waals surface area contributed by atoms with Gasteiger partial charge in [-0.2, -0.15) is 0 Å². The highest BCUT2D eigenvalue weighted by molar-refractivity contribution is 7.56. The Balaban J connectivity index is 2.78. The van der Waals surface area contributed by atoms with E-state index in [1.54, 1.807) is 0 Å². The van der Waals surface area contributed by atoms with E-state index in [0.29, 0.717) is 5.84 Å². The van der Waals surface area contributed by atoms with Crippen LogP contribution in [0.25, 0.3) is 0 Å². The Morgan fingerprint density at radius 1 is 1.21 bits per heavy atom. The fourth-order valence-corrected chi connectivity index (χ4v) is 2.33. The number of hydrogen-bond acceptors (Lipinski definition) is 1. The monoisotopic (exact) mass is 208 g/mol. The second kappa shape index (κ2) is 5.77. The Kier molecular flexibility index (Phi) is 4.61. The van der Waals surface area contributed by atoms with Crippen LogP contribution in [0.15, 0.2) is 35.1 Å². The van der Waals surface area contributed by atoms with Gasteiger partial charge in [0, 0.05) is 13.6 Å². The number of amidine groups is 1. The number of benzene rings is 1. The molecule has 0 unspecified atom stereocenters. The van der Waals surface area contributed by atoms with E-state index < -0.39 is 0 Å². The van der Waals surface area contributed by atoms with Gasteiger partial charge in [-0.3, -0.25) is 0 Å². The molecule has 2 nitrogen and oxygen atoms in total. The minimum Gasteiger partial charge on any atom is -0.383 e. The molecular formula is C11H17N2P. The molecule has 0 saturated carbocycles. The zero-order valence-electron chi connectivity index (χ0n) is 8.77. The summed E-state index contributed by atoms with van der Waals surface area (Å²) in [5, 5.41) is 0. The lowest BCUT2D eigenvalue weighted by Gasteiger charge is -2.08. The molecule has 0 heterocycles.